The number of rotatable bonds is 5. The van der Waals surface area contributed by atoms with Gasteiger partial charge in [-0.1, -0.05) is 6.42 Å². The van der Waals surface area contributed by atoms with Gasteiger partial charge in [-0.15, -0.1) is 0 Å². The van der Waals surface area contributed by atoms with Crippen molar-refractivity contribution in [2.75, 3.05) is 13.6 Å². The second-order valence-electron chi connectivity index (χ2n) is 4.40. The van der Waals surface area contributed by atoms with E-state index < -0.39 is 11.7 Å². The maximum Gasteiger partial charge on any atom is 0.0691 e. The van der Waals surface area contributed by atoms with Crippen molar-refractivity contribution in [3.63, 3.8) is 0 Å². The van der Waals surface area contributed by atoms with Crippen molar-refractivity contribution >= 4 is 0 Å². The van der Waals surface area contributed by atoms with Gasteiger partial charge >= 0.3 is 0 Å². The molecule has 1 fully saturated rings. The van der Waals surface area contributed by atoms with Gasteiger partial charge in [0.1, 0.15) is 0 Å². The molecule has 0 bridgehead atoms. The number of hydrogen-bond acceptors (Lipinski definition) is 3. The molecule has 1 saturated carbocycles. The van der Waals surface area contributed by atoms with E-state index in [2.05, 4.69) is 5.32 Å². The normalized spacial score (nSPS) is 24.9. The van der Waals surface area contributed by atoms with Crippen LogP contribution >= 0.6 is 0 Å². The summed E-state index contributed by atoms with van der Waals surface area (Å²) in [7, 11) is 1.81. The minimum absolute atomic E-state index is 0.402. The Balaban J connectivity index is 2.31. The van der Waals surface area contributed by atoms with E-state index in [1.165, 1.54) is 6.42 Å². The van der Waals surface area contributed by atoms with E-state index in [9.17, 15) is 10.2 Å². The fourth-order valence-corrected chi connectivity index (χ4v) is 1.98. The maximum absolute atomic E-state index is 10.0. The highest BCUT2D eigenvalue weighted by Crippen LogP contribution is 2.38. The van der Waals surface area contributed by atoms with E-state index in [4.69, 9.17) is 0 Å². The largest absolute Gasteiger partial charge is 0.392 e. The first kappa shape index (κ1) is 11.0. The second kappa shape index (κ2) is 4.40. The summed E-state index contributed by atoms with van der Waals surface area (Å²) in [5.41, 5.74) is -0.672. The zero-order valence-electron chi connectivity index (χ0n) is 8.58. The van der Waals surface area contributed by atoms with Crippen molar-refractivity contribution < 1.29 is 10.2 Å². The van der Waals surface area contributed by atoms with Gasteiger partial charge in [-0.3, -0.25) is 0 Å². The van der Waals surface area contributed by atoms with Gasteiger partial charge < -0.3 is 15.5 Å². The summed E-state index contributed by atoms with van der Waals surface area (Å²) in [4.78, 5) is 0. The third-order valence-electron chi connectivity index (χ3n) is 3.07. The predicted molar refractivity (Wildman–Crippen MR) is 52.5 cm³/mol. The van der Waals surface area contributed by atoms with Gasteiger partial charge in [0.25, 0.3) is 0 Å². The molecule has 3 N–H and O–H groups in total. The van der Waals surface area contributed by atoms with Crippen molar-refractivity contribution in [1.29, 1.82) is 0 Å². The molecule has 0 radical (unpaired) electrons. The Bertz CT molecular complexity index is 155. The monoisotopic (exact) mass is 187 g/mol. The van der Waals surface area contributed by atoms with Crippen molar-refractivity contribution in [1.82, 2.24) is 5.32 Å². The molecule has 0 aromatic carbocycles. The molecular formula is C10H21NO2. The lowest BCUT2D eigenvalue weighted by molar-refractivity contribution is -0.0663. The van der Waals surface area contributed by atoms with Crippen LogP contribution < -0.4 is 5.32 Å². The summed E-state index contributed by atoms with van der Waals surface area (Å²) >= 11 is 0. The molecule has 0 amide bonds. The van der Waals surface area contributed by atoms with Crippen LogP contribution in [-0.4, -0.2) is 35.5 Å². The summed E-state index contributed by atoms with van der Waals surface area (Å²) in [6, 6.07) is 0. The first-order valence-electron chi connectivity index (χ1n) is 5.11. The van der Waals surface area contributed by atoms with E-state index in [0.717, 1.165) is 12.8 Å². The lowest BCUT2D eigenvalue weighted by Crippen LogP contribution is -2.43. The first-order valence-corrected chi connectivity index (χ1v) is 5.11. The van der Waals surface area contributed by atoms with E-state index in [-0.39, 0.29) is 0 Å². The molecule has 0 saturated heterocycles. The molecule has 0 aromatic heterocycles. The summed E-state index contributed by atoms with van der Waals surface area (Å²) in [6.07, 6.45) is 3.50. The Kier molecular flexibility index (Phi) is 3.71. The third-order valence-corrected chi connectivity index (χ3v) is 3.07. The van der Waals surface area contributed by atoms with Crippen molar-refractivity contribution in [3.8, 4) is 0 Å². The molecular weight excluding hydrogens is 166 g/mol. The molecule has 78 valence electrons. The second-order valence-corrected chi connectivity index (χ2v) is 4.40. The van der Waals surface area contributed by atoms with Gasteiger partial charge in [0, 0.05) is 13.0 Å². The molecule has 3 heteroatoms. The molecule has 1 rings (SSSR count). The Morgan fingerprint density at radius 3 is 2.54 bits per heavy atom. The zero-order valence-corrected chi connectivity index (χ0v) is 8.58. The van der Waals surface area contributed by atoms with Crippen LogP contribution in [0.2, 0.25) is 0 Å². The van der Waals surface area contributed by atoms with Crippen molar-refractivity contribution in [2.45, 2.75) is 44.3 Å². The van der Waals surface area contributed by atoms with Crippen LogP contribution in [0.15, 0.2) is 0 Å². The van der Waals surface area contributed by atoms with Gasteiger partial charge in [-0.2, -0.15) is 0 Å². The lowest BCUT2D eigenvalue weighted by Gasteiger charge is -2.40. The first-order chi connectivity index (χ1) is 6.06. The topological polar surface area (TPSA) is 52.5 Å². The Morgan fingerprint density at radius 1 is 1.54 bits per heavy atom. The minimum Gasteiger partial charge on any atom is -0.392 e. The molecule has 0 aliphatic heterocycles. The molecule has 1 aliphatic carbocycles. The molecule has 0 heterocycles. The predicted octanol–water partition coefficient (Wildman–Crippen LogP) is 0.508. The van der Waals surface area contributed by atoms with Crippen molar-refractivity contribution in [2.24, 2.45) is 5.92 Å². The van der Waals surface area contributed by atoms with Gasteiger partial charge in [0.05, 0.1) is 11.7 Å². The quantitative estimate of drug-likeness (QED) is 0.588. The average molecular weight is 187 g/mol. The number of hydrogen-bond donors (Lipinski definition) is 3. The maximum atomic E-state index is 10.0. The highest BCUT2D eigenvalue weighted by Gasteiger charge is 2.37. The summed E-state index contributed by atoms with van der Waals surface area (Å²) < 4.78 is 0. The van der Waals surface area contributed by atoms with Gasteiger partial charge in [-0.05, 0) is 32.7 Å². The van der Waals surface area contributed by atoms with E-state index in [1.807, 2.05) is 6.92 Å². The van der Waals surface area contributed by atoms with Gasteiger partial charge in [0.2, 0.25) is 0 Å². The van der Waals surface area contributed by atoms with E-state index in [1.54, 1.807) is 7.05 Å². The zero-order chi connectivity index (χ0) is 9.90. The van der Waals surface area contributed by atoms with Gasteiger partial charge in [-0.25, -0.2) is 0 Å². The van der Waals surface area contributed by atoms with Crippen LogP contribution in [0.25, 0.3) is 0 Å². The fraction of sp³-hybridized carbons (Fsp3) is 1.00. The van der Waals surface area contributed by atoms with E-state index in [0.29, 0.717) is 18.9 Å². The van der Waals surface area contributed by atoms with Crippen LogP contribution in [0.3, 0.4) is 0 Å². The molecule has 2 atom stereocenters. The standard InChI is InChI=1S/C10H21NO2/c1-10(13,8-4-3-5-8)6-9(12)7-11-2/h8-9,11-13H,3-7H2,1-2H3/t9-,10-/m0/s1. The highest BCUT2D eigenvalue weighted by molar-refractivity contribution is 4.89. The SMILES string of the molecule is CNC[C@@H](O)C[C@](C)(O)C1CCC1. The van der Waals surface area contributed by atoms with Crippen LogP contribution in [0.1, 0.15) is 32.6 Å². The number of nitrogens with one attached hydrogen (secondary N) is 1. The Labute approximate surface area is 80.2 Å². The summed E-state index contributed by atoms with van der Waals surface area (Å²) in [5, 5.41) is 22.5. The molecule has 1 aliphatic rings. The van der Waals surface area contributed by atoms with Crippen LogP contribution in [0.4, 0.5) is 0 Å². The lowest BCUT2D eigenvalue weighted by atomic mass is 9.71. The van der Waals surface area contributed by atoms with Crippen molar-refractivity contribution in [3.05, 3.63) is 0 Å². The highest BCUT2D eigenvalue weighted by atomic mass is 16.3. The van der Waals surface area contributed by atoms with Crippen LogP contribution in [-0.2, 0) is 0 Å². The molecule has 0 spiro atoms. The molecule has 3 nitrogen and oxygen atoms in total. The Morgan fingerprint density at radius 2 is 2.15 bits per heavy atom. The number of aliphatic hydroxyl groups excluding tert-OH is 1. The minimum atomic E-state index is -0.672. The van der Waals surface area contributed by atoms with Crippen LogP contribution in [0, 0.1) is 5.92 Å². The number of aliphatic hydroxyl groups is 2. The molecule has 13 heavy (non-hydrogen) atoms. The van der Waals surface area contributed by atoms with Gasteiger partial charge in [0.15, 0.2) is 0 Å². The molecule has 0 unspecified atom stereocenters. The Hall–Kier alpha value is -0.120. The molecule has 0 aromatic rings. The fourth-order valence-electron chi connectivity index (χ4n) is 1.98. The average Bonchev–Trinajstić information content (AvgIpc) is 1.79. The van der Waals surface area contributed by atoms with Crippen LogP contribution in [0.5, 0.6) is 0 Å². The number of likely N-dealkylation sites (N-methyl/N-ethyl adjacent to an activating group) is 1. The third kappa shape index (κ3) is 2.93. The summed E-state index contributed by atoms with van der Waals surface area (Å²) in [6.45, 7) is 2.40. The smallest absolute Gasteiger partial charge is 0.0691 e. The van der Waals surface area contributed by atoms with E-state index >= 15 is 0 Å². The summed E-state index contributed by atoms with van der Waals surface area (Å²) in [5.74, 6) is 0.402.